The number of aryl methyl sites for hydroxylation is 2. The first kappa shape index (κ1) is 13.3. The summed E-state index contributed by atoms with van der Waals surface area (Å²) >= 11 is 0. The maximum atomic E-state index is 5.27. The van der Waals surface area contributed by atoms with Crippen LogP contribution in [0.5, 0.6) is 11.5 Å². The highest BCUT2D eigenvalue weighted by Gasteiger charge is 2.04. The first-order valence-electron chi connectivity index (χ1n) is 6.25. The number of nitrogens with zero attached hydrogens (tertiary/aromatic N) is 1. The van der Waals surface area contributed by atoms with Crippen LogP contribution in [0.3, 0.4) is 0 Å². The lowest BCUT2D eigenvalue weighted by Crippen LogP contribution is -2.16. The van der Waals surface area contributed by atoms with Crippen molar-refractivity contribution in [3.05, 3.63) is 47.3 Å². The summed E-state index contributed by atoms with van der Waals surface area (Å²) in [7, 11) is 3.32. The lowest BCUT2D eigenvalue weighted by atomic mass is 10.2. The third kappa shape index (κ3) is 3.02. The van der Waals surface area contributed by atoms with Gasteiger partial charge in [-0.05, 0) is 43.7 Å². The summed E-state index contributed by atoms with van der Waals surface area (Å²) < 4.78 is 12.6. The normalized spacial score (nSPS) is 10.3. The molecule has 1 aromatic carbocycles. The Kier molecular flexibility index (Phi) is 4.00. The summed E-state index contributed by atoms with van der Waals surface area (Å²) in [6, 6.07) is 10.1. The fraction of sp³-hybridized carbons (Fsp3) is 0.333. The van der Waals surface area contributed by atoms with Gasteiger partial charge in [0.25, 0.3) is 0 Å². The molecule has 0 aliphatic carbocycles. The van der Waals surface area contributed by atoms with E-state index in [0.29, 0.717) is 6.54 Å². The molecule has 4 nitrogen and oxygen atoms in total. The Hall–Kier alpha value is -2.10. The van der Waals surface area contributed by atoms with Gasteiger partial charge in [-0.25, -0.2) is 0 Å². The highest BCUT2D eigenvalue weighted by atomic mass is 16.5. The van der Waals surface area contributed by atoms with Gasteiger partial charge >= 0.3 is 0 Å². The summed E-state index contributed by atoms with van der Waals surface area (Å²) in [6.45, 7) is 4.86. The zero-order chi connectivity index (χ0) is 13.8. The zero-order valence-electron chi connectivity index (χ0n) is 11.9. The fourth-order valence-electron chi connectivity index (χ4n) is 2.06. The van der Waals surface area contributed by atoms with Crippen molar-refractivity contribution in [2.24, 2.45) is 0 Å². The molecule has 0 bridgehead atoms. The lowest BCUT2D eigenvalue weighted by Gasteiger charge is -2.14. The van der Waals surface area contributed by atoms with Crippen LogP contribution in [0.2, 0.25) is 0 Å². The van der Waals surface area contributed by atoms with Crippen molar-refractivity contribution in [1.29, 1.82) is 0 Å². The van der Waals surface area contributed by atoms with Crippen LogP contribution in [-0.2, 0) is 6.54 Å². The number of benzene rings is 1. The van der Waals surface area contributed by atoms with Crippen LogP contribution in [0.1, 0.15) is 17.0 Å². The van der Waals surface area contributed by atoms with E-state index in [1.54, 1.807) is 14.2 Å². The molecule has 2 aromatic rings. The van der Waals surface area contributed by atoms with Gasteiger partial charge in [0, 0.05) is 17.5 Å². The minimum Gasteiger partial charge on any atom is -0.497 e. The van der Waals surface area contributed by atoms with E-state index in [9.17, 15) is 0 Å². The minimum absolute atomic E-state index is 0.712. The third-order valence-electron chi connectivity index (χ3n) is 3.12. The molecule has 0 fully saturated rings. The highest BCUT2D eigenvalue weighted by molar-refractivity contribution is 5.38. The Balaban J connectivity index is 2.15. The van der Waals surface area contributed by atoms with E-state index in [2.05, 4.69) is 36.1 Å². The number of aromatic nitrogens is 1. The molecule has 19 heavy (non-hydrogen) atoms. The van der Waals surface area contributed by atoms with E-state index < -0.39 is 0 Å². The van der Waals surface area contributed by atoms with Crippen molar-refractivity contribution < 1.29 is 9.47 Å². The molecule has 1 aromatic heterocycles. The first-order valence-corrected chi connectivity index (χ1v) is 6.25. The molecule has 2 rings (SSSR count). The van der Waals surface area contributed by atoms with Crippen LogP contribution < -0.4 is 14.9 Å². The van der Waals surface area contributed by atoms with Crippen molar-refractivity contribution in [3.8, 4) is 11.5 Å². The van der Waals surface area contributed by atoms with Crippen LogP contribution >= 0.6 is 0 Å². The number of rotatable bonds is 5. The smallest absolute Gasteiger partial charge is 0.122 e. The van der Waals surface area contributed by atoms with E-state index in [1.807, 2.05) is 18.2 Å². The monoisotopic (exact) mass is 260 g/mol. The third-order valence-corrected chi connectivity index (χ3v) is 3.12. The first-order chi connectivity index (χ1) is 9.13. The molecule has 0 aliphatic rings. The molecule has 102 valence electrons. The molecular weight excluding hydrogens is 240 g/mol. The maximum absolute atomic E-state index is 5.27. The van der Waals surface area contributed by atoms with E-state index in [0.717, 1.165) is 17.1 Å². The predicted molar refractivity (Wildman–Crippen MR) is 76.5 cm³/mol. The summed E-state index contributed by atoms with van der Waals surface area (Å²) in [5, 5.41) is 0. The standard InChI is InChI=1S/C15H20N2O2/c1-11-5-6-12(2)17(11)16-10-13-7-14(18-3)9-15(8-13)19-4/h5-9,16H,10H2,1-4H3. The van der Waals surface area contributed by atoms with Crippen LogP contribution in [0.4, 0.5) is 0 Å². The van der Waals surface area contributed by atoms with Crippen molar-refractivity contribution >= 4 is 0 Å². The van der Waals surface area contributed by atoms with Gasteiger partial charge in [-0.15, -0.1) is 0 Å². The molecular formula is C15H20N2O2. The van der Waals surface area contributed by atoms with Crippen LogP contribution in [-0.4, -0.2) is 18.9 Å². The second-order valence-electron chi connectivity index (χ2n) is 4.51. The Labute approximate surface area is 113 Å². The summed E-state index contributed by atoms with van der Waals surface area (Å²) in [6.07, 6.45) is 0. The van der Waals surface area contributed by atoms with Crippen molar-refractivity contribution in [2.75, 3.05) is 19.6 Å². The van der Waals surface area contributed by atoms with E-state index in [1.165, 1.54) is 11.4 Å². The van der Waals surface area contributed by atoms with E-state index in [4.69, 9.17) is 9.47 Å². The van der Waals surface area contributed by atoms with Gasteiger partial charge in [-0.1, -0.05) is 0 Å². The molecule has 0 atom stereocenters. The number of nitrogens with one attached hydrogen (secondary N) is 1. The molecule has 0 amide bonds. The second kappa shape index (κ2) is 5.69. The largest absolute Gasteiger partial charge is 0.497 e. The topological polar surface area (TPSA) is 35.4 Å². The van der Waals surface area contributed by atoms with Gasteiger partial charge < -0.3 is 14.9 Å². The SMILES string of the molecule is COc1cc(CNn2c(C)ccc2C)cc(OC)c1. The molecule has 1 N–H and O–H groups in total. The predicted octanol–water partition coefficient (Wildman–Crippen LogP) is 2.87. The average Bonchev–Trinajstić information content (AvgIpc) is 2.75. The van der Waals surface area contributed by atoms with Crippen LogP contribution in [0, 0.1) is 13.8 Å². The van der Waals surface area contributed by atoms with Gasteiger partial charge in [0.1, 0.15) is 11.5 Å². The minimum atomic E-state index is 0.712. The Morgan fingerprint density at radius 2 is 1.47 bits per heavy atom. The Morgan fingerprint density at radius 1 is 0.947 bits per heavy atom. The van der Waals surface area contributed by atoms with Gasteiger partial charge in [-0.3, -0.25) is 4.68 Å². The van der Waals surface area contributed by atoms with Crippen LogP contribution in [0.25, 0.3) is 0 Å². The molecule has 0 unspecified atom stereocenters. The lowest BCUT2D eigenvalue weighted by molar-refractivity contribution is 0.393. The summed E-state index contributed by atoms with van der Waals surface area (Å²) in [5.74, 6) is 1.61. The maximum Gasteiger partial charge on any atom is 0.122 e. The second-order valence-corrected chi connectivity index (χ2v) is 4.51. The Morgan fingerprint density at radius 3 is 1.95 bits per heavy atom. The highest BCUT2D eigenvalue weighted by Crippen LogP contribution is 2.22. The number of methoxy groups -OCH3 is 2. The van der Waals surface area contributed by atoms with Crippen molar-refractivity contribution in [1.82, 2.24) is 4.68 Å². The van der Waals surface area contributed by atoms with Crippen LogP contribution in [0.15, 0.2) is 30.3 Å². The molecule has 0 aliphatic heterocycles. The molecule has 0 radical (unpaired) electrons. The van der Waals surface area contributed by atoms with E-state index >= 15 is 0 Å². The Bertz CT molecular complexity index is 520. The van der Waals surface area contributed by atoms with E-state index in [-0.39, 0.29) is 0 Å². The molecule has 1 heterocycles. The number of hydrogen-bond acceptors (Lipinski definition) is 3. The summed E-state index contributed by atoms with van der Waals surface area (Å²) in [4.78, 5) is 0. The van der Waals surface area contributed by atoms with Gasteiger partial charge in [0.05, 0.1) is 20.8 Å². The number of ether oxygens (including phenoxy) is 2. The molecule has 0 saturated heterocycles. The van der Waals surface area contributed by atoms with Gasteiger partial charge in [-0.2, -0.15) is 0 Å². The zero-order valence-corrected chi connectivity index (χ0v) is 11.9. The summed E-state index contributed by atoms with van der Waals surface area (Å²) in [5.41, 5.74) is 6.87. The quantitative estimate of drug-likeness (QED) is 0.898. The van der Waals surface area contributed by atoms with Gasteiger partial charge in [0.15, 0.2) is 0 Å². The van der Waals surface area contributed by atoms with Crippen molar-refractivity contribution in [3.63, 3.8) is 0 Å². The number of hydrogen-bond donors (Lipinski definition) is 1. The molecule has 0 saturated carbocycles. The fourth-order valence-corrected chi connectivity index (χ4v) is 2.06. The van der Waals surface area contributed by atoms with Gasteiger partial charge in [0.2, 0.25) is 0 Å². The van der Waals surface area contributed by atoms with Crippen molar-refractivity contribution in [2.45, 2.75) is 20.4 Å². The molecule has 0 spiro atoms. The average molecular weight is 260 g/mol. The molecule has 4 heteroatoms.